The summed E-state index contributed by atoms with van der Waals surface area (Å²) < 4.78 is 11.3. The third-order valence-corrected chi connectivity index (χ3v) is 8.13. The van der Waals surface area contributed by atoms with Crippen molar-refractivity contribution in [1.82, 2.24) is 0 Å². The quantitative estimate of drug-likeness (QED) is 0.519. The summed E-state index contributed by atoms with van der Waals surface area (Å²) in [6, 6.07) is 0. The molecule has 0 unspecified atom stereocenters. The van der Waals surface area contributed by atoms with E-state index in [0.717, 1.165) is 50.7 Å². The summed E-state index contributed by atoms with van der Waals surface area (Å²) >= 11 is -2.91. The fourth-order valence-corrected chi connectivity index (χ4v) is 7.30. The zero-order valence-electron chi connectivity index (χ0n) is 14.3. The van der Waals surface area contributed by atoms with Gasteiger partial charge in [-0.15, -0.1) is 0 Å². The molecule has 0 aromatic heterocycles. The topological polar surface area (TPSA) is 52.6 Å². The number of fused-ring (bicyclic) bond motifs is 1. The second kappa shape index (κ2) is 9.02. The smallest absolute Gasteiger partial charge is 1.00 e. The van der Waals surface area contributed by atoms with E-state index < -0.39 is 30.6 Å². The number of allylic oxidation sites excluding steroid dienone is 4. The minimum absolute atomic E-state index is 0. The molecule has 0 aromatic carbocycles. The van der Waals surface area contributed by atoms with Gasteiger partial charge in [-0.2, -0.15) is 0 Å². The van der Waals surface area contributed by atoms with E-state index in [1.54, 1.807) is 0 Å². The van der Waals surface area contributed by atoms with Crippen LogP contribution in [0.15, 0.2) is 47.6 Å². The Morgan fingerprint density at radius 2 is 1.24 bits per heavy atom. The normalized spacial score (nSPS) is 19.4. The third-order valence-electron chi connectivity index (χ3n) is 5.05. The molecule has 0 fully saturated rings. The summed E-state index contributed by atoms with van der Waals surface area (Å²) in [5, 5.41) is 0. The maximum atomic E-state index is 11.8. The Morgan fingerprint density at radius 3 is 1.64 bits per heavy atom. The molecular weight excluding hydrogens is 376 g/mol. The van der Waals surface area contributed by atoms with E-state index >= 15 is 0 Å². The molecule has 0 heterocycles. The Morgan fingerprint density at radius 1 is 0.840 bits per heavy atom. The molecule has 3 aliphatic carbocycles. The second-order valence-corrected chi connectivity index (χ2v) is 8.96. The van der Waals surface area contributed by atoms with E-state index in [9.17, 15) is 9.59 Å². The molecule has 0 radical (unpaired) electrons. The van der Waals surface area contributed by atoms with Gasteiger partial charge < -0.3 is 12.4 Å². The molecule has 0 spiro atoms. The first-order valence-corrected chi connectivity index (χ1v) is 10.8. The zero-order chi connectivity index (χ0) is 17.1. The molecule has 0 saturated heterocycles. The van der Waals surface area contributed by atoms with E-state index in [-0.39, 0.29) is 16.6 Å². The first-order valence-electron chi connectivity index (χ1n) is 8.65. The van der Waals surface area contributed by atoms with Crippen molar-refractivity contribution in [2.75, 3.05) is 0 Å². The van der Waals surface area contributed by atoms with Gasteiger partial charge in [-0.25, -0.2) is 0 Å². The van der Waals surface area contributed by atoms with Gasteiger partial charge in [0.05, 0.1) is 0 Å². The van der Waals surface area contributed by atoms with Gasteiger partial charge in [0.2, 0.25) is 0 Å². The molecule has 134 valence electrons. The second-order valence-electron chi connectivity index (χ2n) is 6.42. The Bertz CT molecular complexity index is 596. The van der Waals surface area contributed by atoms with Crippen molar-refractivity contribution in [3.05, 3.63) is 47.6 Å². The molecule has 0 aliphatic heterocycles. The maximum absolute atomic E-state index is 11.8. The number of hydrogen-bond acceptors (Lipinski definition) is 4. The molecule has 0 bridgehead atoms. The number of halogens is 1. The van der Waals surface area contributed by atoms with Crippen molar-refractivity contribution in [1.29, 1.82) is 0 Å². The zero-order valence-corrected chi connectivity index (χ0v) is 16.6. The van der Waals surface area contributed by atoms with Crippen LogP contribution in [0, 0.1) is 0 Å². The van der Waals surface area contributed by atoms with E-state index in [4.69, 9.17) is 6.64 Å². The SMILES string of the molecule is C=CC(=O)[O][Ti+]([O]C(=O)C=C)[CH]1C2=C(CCCC2)C2=C1CCCC2.[Cl-]. The van der Waals surface area contributed by atoms with E-state index in [1.165, 1.54) is 35.1 Å². The molecule has 3 aliphatic rings. The molecule has 0 aromatic rings. The predicted molar refractivity (Wildman–Crippen MR) is 87.3 cm³/mol. The summed E-state index contributed by atoms with van der Waals surface area (Å²) in [5.74, 6) is -0.991. The van der Waals surface area contributed by atoms with Crippen molar-refractivity contribution in [3.63, 3.8) is 0 Å². The van der Waals surface area contributed by atoms with Gasteiger partial charge in [-0.1, -0.05) is 0 Å². The largest absolute Gasteiger partial charge is 1.00 e. The molecule has 3 rings (SSSR count). The predicted octanol–water partition coefficient (Wildman–Crippen LogP) is 1.44. The Labute approximate surface area is 162 Å². The van der Waals surface area contributed by atoms with Gasteiger partial charge in [-0.05, 0) is 0 Å². The first kappa shape index (κ1) is 20.2. The van der Waals surface area contributed by atoms with Crippen LogP contribution in [-0.4, -0.2) is 11.9 Å². The van der Waals surface area contributed by atoms with E-state index in [1.807, 2.05) is 0 Å². The van der Waals surface area contributed by atoms with Gasteiger partial charge >= 0.3 is 150 Å². The van der Waals surface area contributed by atoms with Crippen molar-refractivity contribution < 1.29 is 47.3 Å². The van der Waals surface area contributed by atoms with Crippen LogP contribution in [0.3, 0.4) is 0 Å². The molecule has 0 saturated carbocycles. The third kappa shape index (κ3) is 4.18. The molecule has 0 amide bonds. The first-order chi connectivity index (χ1) is 11.7. The summed E-state index contributed by atoms with van der Waals surface area (Å²) in [6.45, 7) is 6.94. The van der Waals surface area contributed by atoms with Crippen LogP contribution in [0.5, 0.6) is 0 Å². The van der Waals surface area contributed by atoms with Gasteiger partial charge in [0.1, 0.15) is 0 Å². The van der Waals surface area contributed by atoms with E-state index in [2.05, 4.69) is 13.2 Å². The maximum Gasteiger partial charge on any atom is -1.00 e. The van der Waals surface area contributed by atoms with Crippen LogP contribution < -0.4 is 12.4 Å². The van der Waals surface area contributed by atoms with Crippen molar-refractivity contribution in [2.45, 2.75) is 55.6 Å². The summed E-state index contributed by atoms with van der Waals surface area (Å²) in [6.07, 6.45) is 11.3. The van der Waals surface area contributed by atoms with Crippen LogP contribution >= 0.6 is 0 Å². The van der Waals surface area contributed by atoms with Gasteiger partial charge in [0.25, 0.3) is 0 Å². The van der Waals surface area contributed by atoms with Crippen molar-refractivity contribution in [3.8, 4) is 0 Å². The number of rotatable bonds is 5. The molecule has 6 heteroatoms. The van der Waals surface area contributed by atoms with E-state index in [0.29, 0.717) is 0 Å². The summed E-state index contributed by atoms with van der Waals surface area (Å²) in [4.78, 5) is 23.6. The average molecular weight is 399 g/mol. The fourth-order valence-electron chi connectivity index (χ4n) is 4.10. The minimum atomic E-state index is -2.91. The number of hydrogen-bond donors (Lipinski definition) is 0. The monoisotopic (exact) mass is 398 g/mol. The van der Waals surface area contributed by atoms with Crippen molar-refractivity contribution >= 4 is 11.9 Å². The molecule has 0 atom stereocenters. The van der Waals surface area contributed by atoms with Crippen LogP contribution in [-0.2, 0) is 34.9 Å². The number of carbonyl (C=O) groups excluding carboxylic acids is 2. The van der Waals surface area contributed by atoms with Crippen LogP contribution in [0.2, 0.25) is 4.22 Å². The molecule has 25 heavy (non-hydrogen) atoms. The Hall–Kier alpha value is -1.10. The van der Waals surface area contributed by atoms with Crippen molar-refractivity contribution in [2.24, 2.45) is 0 Å². The van der Waals surface area contributed by atoms with Gasteiger partial charge in [-0.3, -0.25) is 0 Å². The molecular formula is C19H23ClO4Ti. The Balaban J connectivity index is 0.00000225. The van der Waals surface area contributed by atoms with Crippen LogP contribution in [0.1, 0.15) is 51.4 Å². The number of carbonyl (C=O) groups is 2. The van der Waals surface area contributed by atoms with Crippen LogP contribution in [0.25, 0.3) is 0 Å². The standard InChI is InChI=1S/C13H17.2C3H4O2.ClH.Ti/c1-3-7-12-10(5-1)9-11-6-2-4-8-13(11)12;2*1-2-3(4)5;;/h9H,1-8H2;2*2H,1H2,(H,4,5);1H;/q;;;;+3/p-3. The fraction of sp³-hybridized carbons (Fsp3) is 0.474. The van der Waals surface area contributed by atoms with Crippen LogP contribution in [0.4, 0.5) is 0 Å². The Kier molecular flexibility index (Phi) is 7.30. The minimum Gasteiger partial charge on any atom is -1.00 e. The summed E-state index contributed by atoms with van der Waals surface area (Å²) in [5.41, 5.74) is 5.74. The average Bonchev–Trinajstić information content (AvgIpc) is 2.95. The van der Waals surface area contributed by atoms with Gasteiger partial charge in [0.15, 0.2) is 0 Å². The summed E-state index contributed by atoms with van der Waals surface area (Å²) in [7, 11) is 0. The van der Waals surface area contributed by atoms with Gasteiger partial charge in [0, 0.05) is 0 Å². The molecule has 0 N–H and O–H groups in total. The molecule has 4 nitrogen and oxygen atoms in total.